The Hall–Kier alpha value is -2.47. The Morgan fingerprint density at radius 3 is 1.88 bits per heavy atom. The largest absolute Gasteiger partial charge is 0.378 e. The van der Waals surface area contributed by atoms with Gasteiger partial charge in [0, 0.05) is 42.5 Å². The molecule has 0 radical (unpaired) electrons. The van der Waals surface area contributed by atoms with Crippen molar-refractivity contribution in [2.75, 3.05) is 79.2 Å². The van der Waals surface area contributed by atoms with Crippen molar-refractivity contribution in [2.24, 2.45) is 0 Å². The molecule has 3 aromatic carbocycles. The second-order valence-electron chi connectivity index (χ2n) is 12.9. The number of hydrogen-bond donors (Lipinski definition) is 0. The summed E-state index contributed by atoms with van der Waals surface area (Å²) in [6.45, 7) is 5.64. The van der Waals surface area contributed by atoms with E-state index in [4.69, 9.17) is 37.9 Å². The molecule has 50 heavy (non-hydrogen) atoms. The quantitative estimate of drug-likeness (QED) is 0.217. The lowest BCUT2D eigenvalue weighted by molar-refractivity contribution is -0.368. The van der Waals surface area contributed by atoms with Gasteiger partial charge in [-0.05, 0) is 19.4 Å². The molecule has 6 atom stereocenters. The fraction of sp³-hybridized carbons (Fsp3) is 0.538. The molecule has 6 rings (SSSR count). The zero-order valence-corrected chi connectivity index (χ0v) is 30.0. The molecule has 3 fully saturated rings. The molecule has 3 aromatic rings. The van der Waals surface area contributed by atoms with Gasteiger partial charge in [0.05, 0.1) is 46.2 Å². The normalized spacial score (nSPS) is 27.7. The van der Waals surface area contributed by atoms with E-state index < -0.39 is 38.0 Å². The summed E-state index contributed by atoms with van der Waals surface area (Å²) < 4.78 is 63.6. The Kier molecular flexibility index (Phi) is 14.5. The smallest absolute Gasteiger partial charge is 0.186 e. The van der Waals surface area contributed by atoms with Crippen LogP contribution in [0.2, 0.25) is 0 Å². The van der Waals surface area contributed by atoms with Crippen LogP contribution in [0, 0.1) is 0 Å². The van der Waals surface area contributed by atoms with E-state index in [2.05, 4.69) is 4.90 Å². The molecule has 11 heteroatoms. The standard InChI is InChI=1S/C39H52NO9P/c1-42-39-37-36(35-34(48-39)30-47-38(49-35)31-14-6-2-7-15-31)45-27-25-43-23-21-40(22-24-44-26-28-46-37)20-12-5-13-29-50(41,32-16-8-3-9-17-32)33-18-10-4-11-19-33/h2-4,6-11,14-19,34-39H,5,12-13,20-30H2,1H3/t34-,35-,36+,37-,38?,39+/m1/s1. The number of hydrogen-bond acceptors (Lipinski definition) is 10. The molecular weight excluding hydrogens is 657 g/mol. The van der Waals surface area contributed by atoms with Crippen molar-refractivity contribution in [3.63, 3.8) is 0 Å². The number of rotatable bonds is 10. The van der Waals surface area contributed by atoms with Gasteiger partial charge in [0.25, 0.3) is 0 Å². The van der Waals surface area contributed by atoms with Gasteiger partial charge in [-0.1, -0.05) is 97.4 Å². The molecule has 0 spiro atoms. The van der Waals surface area contributed by atoms with Crippen molar-refractivity contribution in [2.45, 2.75) is 56.3 Å². The minimum Gasteiger partial charge on any atom is -0.378 e. The van der Waals surface area contributed by atoms with Crippen LogP contribution >= 0.6 is 7.14 Å². The predicted molar refractivity (Wildman–Crippen MR) is 192 cm³/mol. The summed E-state index contributed by atoms with van der Waals surface area (Å²) in [5, 5.41) is 1.86. The van der Waals surface area contributed by atoms with E-state index in [9.17, 15) is 4.57 Å². The van der Waals surface area contributed by atoms with Gasteiger partial charge in [0.1, 0.15) is 31.6 Å². The summed E-state index contributed by atoms with van der Waals surface area (Å²) in [4.78, 5) is 2.38. The number of ether oxygens (including phenoxy) is 8. The molecule has 0 bridgehead atoms. The van der Waals surface area contributed by atoms with Gasteiger partial charge in [0.2, 0.25) is 0 Å². The van der Waals surface area contributed by atoms with Crippen LogP contribution in [0.25, 0.3) is 0 Å². The molecule has 1 unspecified atom stereocenters. The van der Waals surface area contributed by atoms with Crippen molar-refractivity contribution in [3.05, 3.63) is 96.6 Å². The van der Waals surface area contributed by atoms with Crippen molar-refractivity contribution >= 4 is 17.8 Å². The van der Waals surface area contributed by atoms with E-state index in [1.54, 1.807) is 7.11 Å². The first-order chi connectivity index (χ1) is 24.7. The third-order valence-electron chi connectivity index (χ3n) is 9.56. The van der Waals surface area contributed by atoms with E-state index in [0.29, 0.717) is 52.4 Å². The minimum atomic E-state index is -2.69. The van der Waals surface area contributed by atoms with Gasteiger partial charge in [-0.3, -0.25) is 4.90 Å². The van der Waals surface area contributed by atoms with Crippen LogP contribution in [0.15, 0.2) is 91.0 Å². The summed E-state index contributed by atoms with van der Waals surface area (Å²) in [6.07, 6.45) is 0.674. The van der Waals surface area contributed by atoms with Crippen LogP contribution in [0.1, 0.15) is 31.1 Å². The Labute approximate surface area is 296 Å². The summed E-state index contributed by atoms with van der Waals surface area (Å²) in [7, 11) is -1.08. The van der Waals surface area contributed by atoms with Crippen LogP contribution in [-0.4, -0.2) is 115 Å². The predicted octanol–water partition coefficient (Wildman–Crippen LogP) is 4.78. The lowest BCUT2D eigenvalue weighted by Crippen LogP contribution is -2.63. The van der Waals surface area contributed by atoms with Crippen molar-refractivity contribution < 1.29 is 42.5 Å². The Morgan fingerprint density at radius 1 is 0.660 bits per heavy atom. The average molecular weight is 710 g/mol. The molecule has 3 aliphatic heterocycles. The summed E-state index contributed by atoms with van der Waals surface area (Å²) in [5.74, 6) is 0. The average Bonchev–Trinajstić information content (AvgIpc) is 3.18. The van der Waals surface area contributed by atoms with E-state index in [1.165, 1.54) is 0 Å². The molecule has 0 N–H and O–H groups in total. The highest BCUT2D eigenvalue weighted by Gasteiger charge is 2.51. The van der Waals surface area contributed by atoms with Gasteiger partial charge in [0.15, 0.2) is 12.6 Å². The molecular formula is C39H52NO9P. The summed E-state index contributed by atoms with van der Waals surface area (Å²) >= 11 is 0. The Bertz CT molecular complexity index is 1390. The molecule has 3 aliphatic rings. The number of methoxy groups -OCH3 is 1. The third-order valence-corrected chi connectivity index (χ3v) is 12.8. The van der Waals surface area contributed by atoms with Gasteiger partial charge in [-0.25, -0.2) is 0 Å². The first kappa shape index (κ1) is 37.3. The second-order valence-corrected chi connectivity index (χ2v) is 15.8. The monoisotopic (exact) mass is 709 g/mol. The molecule has 0 aliphatic carbocycles. The van der Waals surface area contributed by atoms with Crippen molar-refractivity contribution in [1.82, 2.24) is 4.90 Å². The molecule has 3 saturated heterocycles. The van der Waals surface area contributed by atoms with Crippen LogP contribution in [0.3, 0.4) is 0 Å². The Balaban J connectivity index is 0.998. The molecule has 3 heterocycles. The van der Waals surface area contributed by atoms with E-state index in [-0.39, 0.29) is 6.10 Å². The number of unbranched alkanes of at least 4 members (excludes halogenated alkanes) is 2. The maximum Gasteiger partial charge on any atom is 0.186 e. The van der Waals surface area contributed by atoms with Crippen LogP contribution in [0.4, 0.5) is 0 Å². The van der Waals surface area contributed by atoms with Crippen LogP contribution in [0.5, 0.6) is 0 Å². The number of benzene rings is 3. The van der Waals surface area contributed by atoms with Crippen LogP contribution in [-0.2, 0) is 42.5 Å². The summed E-state index contributed by atoms with van der Waals surface area (Å²) in [6, 6.07) is 29.7. The highest BCUT2D eigenvalue weighted by Crippen LogP contribution is 2.44. The summed E-state index contributed by atoms with van der Waals surface area (Å²) in [5.41, 5.74) is 0.940. The topological polar surface area (TPSA) is 94.2 Å². The van der Waals surface area contributed by atoms with E-state index >= 15 is 0 Å². The first-order valence-corrected chi connectivity index (χ1v) is 19.9. The molecule has 0 aromatic heterocycles. The maximum atomic E-state index is 14.3. The SMILES string of the molecule is CO[C@H]1O[C@@H]2COC(c3ccccc3)O[C@H]2[C@@H]2OCCOCCN(CCCCCP(=O)(c3ccccc3)c3ccccc3)CCOCCO[C@@H]12. The van der Waals surface area contributed by atoms with E-state index in [0.717, 1.165) is 55.1 Å². The molecule has 272 valence electrons. The van der Waals surface area contributed by atoms with Gasteiger partial charge < -0.3 is 42.5 Å². The van der Waals surface area contributed by atoms with Gasteiger partial charge in [-0.15, -0.1) is 0 Å². The van der Waals surface area contributed by atoms with Crippen molar-refractivity contribution in [3.8, 4) is 0 Å². The van der Waals surface area contributed by atoms with Gasteiger partial charge in [-0.2, -0.15) is 0 Å². The number of fused-ring (bicyclic) bond motifs is 3. The maximum absolute atomic E-state index is 14.3. The lowest BCUT2D eigenvalue weighted by Gasteiger charge is -2.48. The highest BCUT2D eigenvalue weighted by atomic mass is 31.2. The lowest BCUT2D eigenvalue weighted by atomic mass is 9.97. The zero-order valence-electron chi connectivity index (χ0n) is 29.1. The minimum absolute atomic E-state index is 0.353. The first-order valence-electron chi connectivity index (χ1n) is 18.0. The van der Waals surface area contributed by atoms with Gasteiger partial charge >= 0.3 is 0 Å². The molecule has 0 saturated carbocycles. The van der Waals surface area contributed by atoms with Crippen LogP contribution < -0.4 is 10.6 Å². The number of nitrogens with zero attached hydrogens (tertiary/aromatic N) is 1. The fourth-order valence-electron chi connectivity index (χ4n) is 6.89. The molecule has 10 nitrogen and oxygen atoms in total. The van der Waals surface area contributed by atoms with E-state index in [1.807, 2.05) is 91.0 Å². The van der Waals surface area contributed by atoms with Crippen molar-refractivity contribution in [1.29, 1.82) is 0 Å². The third kappa shape index (κ3) is 9.89. The Morgan fingerprint density at radius 2 is 1.26 bits per heavy atom. The second kappa shape index (κ2) is 19.4. The zero-order chi connectivity index (χ0) is 34.4. The molecule has 0 amide bonds. The fourth-order valence-corrected chi connectivity index (χ4v) is 9.68. The highest BCUT2D eigenvalue weighted by molar-refractivity contribution is 7.78.